The maximum atomic E-state index is 13.2. The highest BCUT2D eigenvalue weighted by Gasteiger charge is 2.03. The highest BCUT2D eigenvalue weighted by Crippen LogP contribution is 2.27. The molecule has 0 heterocycles. The molecule has 0 radical (unpaired) electrons. The Morgan fingerprint density at radius 1 is 1.20 bits per heavy atom. The molecular formula is C15H16BrFN2O. The first-order valence-electron chi connectivity index (χ1n) is 6.34. The molecule has 0 fully saturated rings. The van der Waals surface area contributed by atoms with Crippen LogP contribution in [0.15, 0.2) is 40.9 Å². The molecule has 0 bridgehead atoms. The molecule has 20 heavy (non-hydrogen) atoms. The second-order valence-electron chi connectivity index (χ2n) is 4.39. The Morgan fingerprint density at radius 3 is 2.70 bits per heavy atom. The van der Waals surface area contributed by atoms with E-state index >= 15 is 0 Å². The quantitative estimate of drug-likeness (QED) is 0.776. The minimum atomic E-state index is -0.296. The smallest absolute Gasteiger partial charge is 0.137 e. The van der Waals surface area contributed by atoms with Gasteiger partial charge in [-0.05, 0) is 46.6 Å². The van der Waals surface area contributed by atoms with E-state index in [1.54, 1.807) is 24.3 Å². The van der Waals surface area contributed by atoms with Crippen molar-refractivity contribution in [3.8, 4) is 5.75 Å². The summed E-state index contributed by atoms with van der Waals surface area (Å²) < 4.78 is 19.2. The van der Waals surface area contributed by atoms with Gasteiger partial charge in [-0.3, -0.25) is 0 Å². The van der Waals surface area contributed by atoms with Crippen molar-refractivity contribution in [1.29, 1.82) is 0 Å². The third-order valence-electron chi connectivity index (χ3n) is 2.61. The zero-order valence-electron chi connectivity index (χ0n) is 11.1. The number of hydrogen-bond donors (Lipinski definition) is 2. The van der Waals surface area contributed by atoms with Gasteiger partial charge in [-0.25, -0.2) is 4.39 Å². The van der Waals surface area contributed by atoms with Crippen LogP contribution in [0.2, 0.25) is 0 Å². The lowest BCUT2D eigenvalue weighted by Gasteiger charge is -2.11. The molecule has 0 saturated carbocycles. The number of rotatable bonds is 5. The minimum Gasteiger partial charge on any atom is -0.493 e. The Labute approximate surface area is 126 Å². The Balaban J connectivity index is 2.19. The average molecular weight is 339 g/mol. The number of anilines is 3. The predicted octanol–water partition coefficient (Wildman–Crippen LogP) is 4.70. The SMILES string of the molecule is CCCOc1cc(N)cc(Nc2ccc(F)c(Br)c2)c1. The molecule has 0 amide bonds. The van der Waals surface area contributed by atoms with Crippen molar-refractivity contribution in [2.24, 2.45) is 0 Å². The third-order valence-corrected chi connectivity index (χ3v) is 3.22. The topological polar surface area (TPSA) is 47.3 Å². The van der Waals surface area contributed by atoms with E-state index < -0.39 is 0 Å². The van der Waals surface area contributed by atoms with E-state index in [-0.39, 0.29) is 5.82 Å². The van der Waals surface area contributed by atoms with Gasteiger partial charge in [0.25, 0.3) is 0 Å². The van der Waals surface area contributed by atoms with Gasteiger partial charge in [0.1, 0.15) is 11.6 Å². The largest absolute Gasteiger partial charge is 0.493 e. The Bertz CT molecular complexity index is 604. The van der Waals surface area contributed by atoms with Crippen LogP contribution in [-0.4, -0.2) is 6.61 Å². The predicted molar refractivity (Wildman–Crippen MR) is 84.0 cm³/mol. The summed E-state index contributed by atoms with van der Waals surface area (Å²) in [4.78, 5) is 0. The molecule has 0 spiro atoms. The summed E-state index contributed by atoms with van der Waals surface area (Å²) in [6, 6.07) is 10.2. The van der Waals surface area contributed by atoms with Crippen LogP contribution in [-0.2, 0) is 0 Å². The van der Waals surface area contributed by atoms with Crippen molar-refractivity contribution >= 4 is 33.0 Å². The van der Waals surface area contributed by atoms with Gasteiger partial charge in [0.2, 0.25) is 0 Å². The van der Waals surface area contributed by atoms with Crippen molar-refractivity contribution < 1.29 is 9.13 Å². The fourth-order valence-electron chi connectivity index (χ4n) is 1.74. The van der Waals surface area contributed by atoms with E-state index in [1.807, 2.05) is 13.0 Å². The van der Waals surface area contributed by atoms with Crippen LogP contribution < -0.4 is 15.8 Å². The molecule has 3 N–H and O–H groups in total. The molecule has 2 aromatic carbocycles. The standard InChI is InChI=1S/C15H16BrFN2O/c1-2-5-20-13-7-10(18)6-12(8-13)19-11-3-4-15(17)14(16)9-11/h3-4,6-9,19H,2,5,18H2,1H3. The van der Waals surface area contributed by atoms with Gasteiger partial charge in [0.15, 0.2) is 0 Å². The van der Waals surface area contributed by atoms with Crippen LogP contribution in [0, 0.1) is 5.82 Å². The molecule has 0 aliphatic heterocycles. The number of benzene rings is 2. The number of hydrogen-bond acceptors (Lipinski definition) is 3. The first-order valence-corrected chi connectivity index (χ1v) is 7.13. The zero-order valence-corrected chi connectivity index (χ0v) is 12.7. The number of nitrogens with two attached hydrogens (primary N) is 1. The van der Waals surface area contributed by atoms with E-state index in [1.165, 1.54) is 6.07 Å². The number of ether oxygens (including phenoxy) is 1. The first-order chi connectivity index (χ1) is 9.58. The summed E-state index contributed by atoms with van der Waals surface area (Å²) in [6.07, 6.45) is 0.933. The van der Waals surface area contributed by atoms with Crippen LogP contribution in [0.3, 0.4) is 0 Å². The zero-order chi connectivity index (χ0) is 14.5. The van der Waals surface area contributed by atoms with Gasteiger partial charge in [0, 0.05) is 29.2 Å². The van der Waals surface area contributed by atoms with Gasteiger partial charge < -0.3 is 15.8 Å². The lowest BCUT2D eigenvalue weighted by Crippen LogP contribution is -1.98. The van der Waals surface area contributed by atoms with Crippen LogP contribution >= 0.6 is 15.9 Å². The monoisotopic (exact) mass is 338 g/mol. The Kier molecular flexibility index (Phi) is 4.84. The van der Waals surface area contributed by atoms with E-state index in [9.17, 15) is 4.39 Å². The molecule has 2 rings (SSSR count). The maximum Gasteiger partial charge on any atom is 0.137 e. The fraction of sp³-hybridized carbons (Fsp3) is 0.200. The summed E-state index contributed by atoms with van der Waals surface area (Å²) in [5, 5.41) is 3.17. The number of halogens is 2. The maximum absolute atomic E-state index is 13.2. The fourth-order valence-corrected chi connectivity index (χ4v) is 2.12. The van der Waals surface area contributed by atoms with E-state index in [0.29, 0.717) is 16.8 Å². The molecule has 5 heteroatoms. The summed E-state index contributed by atoms with van der Waals surface area (Å²) in [7, 11) is 0. The van der Waals surface area contributed by atoms with Crippen molar-refractivity contribution in [3.63, 3.8) is 0 Å². The summed E-state index contributed by atoms with van der Waals surface area (Å²) in [6.45, 7) is 2.69. The highest BCUT2D eigenvalue weighted by molar-refractivity contribution is 9.10. The minimum absolute atomic E-state index is 0.296. The van der Waals surface area contributed by atoms with E-state index in [0.717, 1.165) is 23.5 Å². The first kappa shape index (κ1) is 14.7. The molecule has 2 aromatic rings. The van der Waals surface area contributed by atoms with E-state index in [4.69, 9.17) is 10.5 Å². The van der Waals surface area contributed by atoms with Crippen molar-refractivity contribution in [1.82, 2.24) is 0 Å². The summed E-state index contributed by atoms with van der Waals surface area (Å²) in [5.74, 6) is 0.422. The molecule has 0 unspecified atom stereocenters. The average Bonchev–Trinajstić information content (AvgIpc) is 2.40. The molecule has 0 aromatic heterocycles. The number of nitrogen functional groups attached to an aromatic ring is 1. The molecule has 0 aliphatic carbocycles. The van der Waals surface area contributed by atoms with Gasteiger partial charge in [-0.1, -0.05) is 6.92 Å². The Hall–Kier alpha value is -1.75. The van der Waals surface area contributed by atoms with Gasteiger partial charge in [0.05, 0.1) is 11.1 Å². The van der Waals surface area contributed by atoms with Crippen molar-refractivity contribution in [2.75, 3.05) is 17.7 Å². The third kappa shape index (κ3) is 3.87. The molecule has 3 nitrogen and oxygen atoms in total. The normalized spacial score (nSPS) is 10.3. The molecule has 0 aliphatic rings. The lowest BCUT2D eigenvalue weighted by atomic mass is 10.2. The van der Waals surface area contributed by atoms with Gasteiger partial charge in [-0.2, -0.15) is 0 Å². The van der Waals surface area contributed by atoms with Crippen LogP contribution in [0.25, 0.3) is 0 Å². The molecule has 106 valence electrons. The van der Waals surface area contributed by atoms with Crippen LogP contribution in [0.1, 0.15) is 13.3 Å². The van der Waals surface area contributed by atoms with Gasteiger partial charge >= 0.3 is 0 Å². The second kappa shape index (κ2) is 6.61. The van der Waals surface area contributed by atoms with E-state index in [2.05, 4.69) is 21.2 Å². The summed E-state index contributed by atoms with van der Waals surface area (Å²) >= 11 is 3.16. The lowest BCUT2D eigenvalue weighted by molar-refractivity contribution is 0.318. The Morgan fingerprint density at radius 2 is 2.00 bits per heavy atom. The summed E-state index contributed by atoms with van der Waals surface area (Å²) in [5.41, 5.74) is 8.03. The molecule has 0 saturated heterocycles. The van der Waals surface area contributed by atoms with Crippen molar-refractivity contribution in [2.45, 2.75) is 13.3 Å². The van der Waals surface area contributed by atoms with Crippen molar-refractivity contribution in [3.05, 3.63) is 46.7 Å². The second-order valence-corrected chi connectivity index (χ2v) is 5.25. The van der Waals surface area contributed by atoms with Crippen LogP contribution in [0.4, 0.5) is 21.5 Å². The molecular weight excluding hydrogens is 323 g/mol. The van der Waals surface area contributed by atoms with Crippen LogP contribution in [0.5, 0.6) is 5.75 Å². The highest BCUT2D eigenvalue weighted by atomic mass is 79.9. The number of nitrogens with one attached hydrogen (secondary N) is 1. The molecule has 0 atom stereocenters. The van der Waals surface area contributed by atoms with Gasteiger partial charge in [-0.15, -0.1) is 0 Å².